The first-order valence-corrected chi connectivity index (χ1v) is 12.1. The molecule has 0 radical (unpaired) electrons. The molecule has 0 aliphatic carbocycles. The number of methoxy groups -OCH3 is 3. The summed E-state index contributed by atoms with van der Waals surface area (Å²) in [5, 5.41) is 20.7. The van der Waals surface area contributed by atoms with Gasteiger partial charge in [0.1, 0.15) is 17.6 Å². The second-order valence-corrected chi connectivity index (χ2v) is 8.74. The number of carboxylic acid groups (broad SMARTS) is 1. The maximum absolute atomic E-state index is 13.3. The molecule has 0 heterocycles. The van der Waals surface area contributed by atoms with E-state index in [1.807, 2.05) is 0 Å². The molecule has 1 unspecified atom stereocenters. The third-order valence-corrected chi connectivity index (χ3v) is 6.00. The molecule has 0 spiro atoms. The van der Waals surface area contributed by atoms with Gasteiger partial charge in [0, 0.05) is 39.9 Å². The van der Waals surface area contributed by atoms with Gasteiger partial charge in [-0.25, -0.2) is 4.79 Å². The number of carboxylic acids is 1. The minimum Gasteiger partial charge on any atom is -0.497 e. The van der Waals surface area contributed by atoms with Crippen LogP contribution in [0.15, 0.2) is 66.7 Å². The highest BCUT2D eigenvalue weighted by Crippen LogP contribution is 2.42. The summed E-state index contributed by atoms with van der Waals surface area (Å²) in [4.78, 5) is 25.6. The SMILES string of the molecule is COc1ccc(CN(C(=O)/C=C/C(=O)O)c2ccc(Cl)cc2C(O)c2cccc(OC(F)(F)F)c2OC)c(OC)c1. The molecule has 0 aliphatic heterocycles. The van der Waals surface area contributed by atoms with Crippen LogP contribution in [-0.4, -0.2) is 49.8 Å². The van der Waals surface area contributed by atoms with Gasteiger partial charge in [0.25, 0.3) is 5.91 Å². The van der Waals surface area contributed by atoms with Crippen LogP contribution >= 0.6 is 11.6 Å². The van der Waals surface area contributed by atoms with Gasteiger partial charge in [-0.15, -0.1) is 13.2 Å². The average molecular weight is 596 g/mol. The van der Waals surface area contributed by atoms with E-state index in [-0.39, 0.29) is 28.4 Å². The normalized spacial score (nSPS) is 12.1. The molecule has 3 aromatic rings. The molecule has 0 aromatic heterocycles. The molecular weight excluding hydrogens is 571 g/mol. The van der Waals surface area contributed by atoms with E-state index < -0.39 is 35.8 Å². The molecule has 1 amide bonds. The summed E-state index contributed by atoms with van der Waals surface area (Å²) in [6.07, 6.45) is -5.24. The van der Waals surface area contributed by atoms with Crippen LogP contribution in [-0.2, 0) is 16.1 Å². The Hall–Kier alpha value is -4.42. The smallest absolute Gasteiger partial charge is 0.497 e. The average Bonchev–Trinajstić information content (AvgIpc) is 2.93. The molecule has 3 rings (SSSR count). The lowest BCUT2D eigenvalue weighted by Gasteiger charge is -2.28. The molecule has 0 saturated heterocycles. The molecule has 0 fully saturated rings. The number of nitrogens with zero attached hydrogens (tertiary/aromatic N) is 1. The highest BCUT2D eigenvalue weighted by atomic mass is 35.5. The highest BCUT2D eigenvalue weighted by molar-refractivity contribution is 6.30. The van der Waals surface area contributed by atoms with Crippen LogP contribution in [0.5, 0.6) is 23.0 Å². The van der Waals surface area contributed by atoms with Crippen LogP contribution in [0, 0.1) is 0 Å². The summed E-state index contributed by atoms with van der Waals surface area (Å²) in [6, 6.07) is 12.6. The van der Waals surface area contributed by atoms with Crippen molar-refractivity contribution in [3.05, 3.63) is 88.5 Å². The Morgan fingerprint density at radius 3 is 2.29 bits per heavy atom. The van der Waals surface area contributed by atoms with Crippen molar-refractivity contribution in [3.63, 3.8) is 0 Å². The number of hydrogen-bond acceptors (Lipinski definition) is 7. The van der Waals surface area contributed by atoms with E-state index in [9.17, 15) is 27.9 Å². The minimum absolute atomic E-state index is 0.00418. The van der Waals surface area contributed by atoms with E-state index in [0.29, 0.717) is 23.1 Å². The monoisotopic (exact) mass is 595 g/mol. The van der Waals surface area contributed by atoms with Gasteiger partial charge >= 0.3 is 12.3 Å². The van der Waals surface area contributed by atoms with Crippen molar-refractivity contribution < 1.29 is 51.9 Å². The Labute approximate surface area is 237 Å². The van der Waals surface area contributed by atoms with E-state index >= 15 is 0 Å². The molecule has 41 heavy (non-hydrogen) atoms. The van der Waals surface area contributed by atoms with Gasteiger partial charge in [-0.1, -0.05) is 23.7 Å². The Morgan fingerprint density at radius 1 is 0.951 bits per heavy atom. The van der Waals surface area contributed by atoms with Gasteiger partial charge < -0.3 is 34.1 Å². The number of anilines is 1. The molecule has 13 heteroatoms. The zero-order valence-corrected chi connectivity index (χ0v) is 22.7. The predicted octanol–water partition coefficient (Wildman–Crippen LogP) is 5.52. The van der Waals surface area contributed by atoms with Crippen molar-refractivity contribution in [2.24, 2.45) is 0 Å². The Balaban J connectivity index is 2.19. The van der Waals surface area contributed by atoms with Crippen LogP contribution in [0.4, 0.5) is 18.9 Å². The number of amides is 1. The third-order valence-electron chi connectivity index (χ3n) is 5.77. The van der Waals surface area contributed by atoms with Crippen molar-refractivity contribution in [2.75, 3.05) is 26.2 Å². The van der Waals surface area contributed by atoms with Gasteiger partial charge in [0.15, 0.2) is 11.5 Å². The van der Waals surface area contributed by atoms with Gasteiger partial charge in [0.2, 0.25) is 0 Å². The standard InChI is InChI=1S/C28H25ClF3NO8/c1-38-18-9-7-16(23(14-18)39-2)15-33(24(34)11-12-25(35)36)21-10-8-17(29)13-20(21)26(37)19-5-4-6-22(27(19)40-3)41-28(30,31)32/h4-14,26,37H,15H2,1-3H3,(H,35,36)/b12-11+. The molecule has 9 nitrogen and oxygen atoms in total. The van der Waals surface area contributed by atoms with E-state index in [1.165, 1.54) is 44.6 Å². The number of alkyl halides is 3. The van der Waals surface area contributed by atoms with Crippen molar-refractivity contribution >= 4 is 29.2 Å². The van der Waals surface area contributed by atoms with Gasteiger partial charge in [0.05, 0.1) is 33.6 Å². The van der Waals surface area contributed by atoms with Gasteiger partial charge in [-0.05, 0) is 36.4 Å². The second kappa shape index (κ2) is 13.3. The number of aliphatic hydroxyl groups excluding tert-OH is 1. The van der Waals surface area contributed by atoms with Gasteiger partial charge in [-0.3, -0.25) is 4.79 Å². The van der Waals surface area contributed by atoms with E-state index in [2.05, 4.69) is 4.74 Å². The number of para-hydroxylation sites is 1. The molecule has 0 aliphatic rings. The number of ether oxygens (including phenoxy) is 4. The number of rotatable bonds is 11. The zero-order chi connectivity index (χ0) is 30.3. The van der Waals surface area contributed by atoms with Crippen LogP contribution in [0.2, 0.25) is 5.02 Å². The number of halogens is 4. The third kappa shape index (κ3) is 7.83. The summed E-state index contributed by atoms with van der Waals surface area (Å²) < 4.78 is 58.9. The molecule has 0 bridgehead atoms. The van der Waals surface area contributed by atoms with Crippen LogP contribution in [0.3, 0.4) is 0 Å². The maximum atomic E-state index is 13.3. The number of aliphatic carboxylic acids is 1. The fourth-order valence-corrected chi connectivity index (χ4v) is 4.18. The van der Waals surface area contributed by atoms with E-state index in [1.54, 1.807) is 18.2 Å². The minimum atomic E-state index is -5.03. The number of hydrogen-bond donors (Lipinski definition) is 2. The fourth-order valence-electron chi connectivity index (χ4n) is 4.00. The fraction of sp³-hybridized carbons (Fsp3) is 0.214. The van der Waals surface area contributed by atoms with Crippen molar-refractivity contribution in [3.8, 4) is 23.0 Å². The lowest BCUT2D eigenvalue weighted by atomic mass is 9.97. The lowest BCUT2D eigenvalue weighted by molar-refractivity contribution is -0.275. The summed E-state index contributed by atoms with van der Waals surface area (Å²) in [7, 11) is 3.98. The predicted molar refractivity (Wildman–Crippen MR) is 143 cm³/mol. The summed E-state index contributed by atoms with van der Waals surface area (Å²) in [5.41, 5.74) is 0.445. The Bertz CT molecular complexity index is 1440. The highest BCUT2D eigenvalue weighted by Gasteiger charge is 2.34. The van der Waals surface area contributed by atoms with Crippen molar-refractivity contribution in [1.82, 2.24) is 0 Å². The van der Waals surface area contributed by atoms with Crippen molar-refractivity contribution in [1.29, 1.82) is 0 Å². The molecule has 3 aromatic carbocycles. The number of aliphatic hydroxyl groups is 1. The first-order valence-electron chi connectivity index (χ1n) is 11.7. The first kappa shape index (κ1) is 31.1. The van der Waals surface area contributed by atoms with Gasteiger partial charge in [-0.2, -0.15) is 0 Å². The van der Waals surface area contributed by atoms with Crippen LogP contribution < -0.4 is 23.8 Å². The van der Waals surface area contributed by atoms with E-state index in [4.69, 9.17) is 30.9 Å². The molecule has 1 atom stereocenters. The Kier molecular flexibility index (Phi) is 10.1. The van der Waals surface area contributed by atoms with E-state index in [0.717, 1.165) is 24.2 Å². The summed E-state index contributed by atoms with van der Waals surface area (Å²) in [6.45, 7) is -0.175. The second-order valence-electron chi connectivity index (χ2n) is 8.31. The summed E-state index contributed by atoms with van der Waals surface area (Å²) in [5.74, 6) is -2.43. The van der Waals surface area contributed by atoms with Crippen LogP contribution in [0.1, 0.15) is 22.8 Å². The summed E-state index contributed by atoms with van der Waals surface area (Å²) >= 11 is 6.22. The molecular formula is C28H25ClF3NO8. The largest absolute Gasteiger partial charge is 0.573 e. The number of carbonyl (C=O) groups excluding carboxylic acids is 1. The lowest BCUT2D eigenvalue weighted by Crippen LogP contribution is -2.30. The maximum Gasteiger partial charge on any atom is 0.573 e. The molecule has 0 saturated carbocycles. The number of carbonyl (C=O) groups is 2. The topological polar surface area (TPSA) is 115 Å². The molecule has 2 N–H and O–H groups in total. The number of benzene rings is 3. The first-order chi connectivity index (χ1) is 19.4. The quantitative estimate of drug-likeness (QED) is 0.279. The Morgan fingerprint density at radius 2 is 1.68 bits per heavy atom. The molecule has 218 valence electrons. The van der Waals surface area contributed by atoms with Crippen molar-refractivity contribution in [2.45, 2.75) is 19.0 Å². The van der Waals surface area contributed by atoms with Crippen LogP contribution in [0.25, 0.3) is 0 Å². The zero-order valence-electron chi connectivity index (χ0n) is 21.9.